The Bertz CT molecular complexity index is 368. The Labute approximate surface area is 103 Å². The monoisotopic (exact) mass is 287 g/mol. The SMILES string of the molecule is CCOCCOC(=O)c1cc(N)ccc1Br. The van der Waals surface area contributed by atoms with E-state index in [-0.39, 0.29) is 6.61 Å². The second-order valence-electron chi connectivity index (χ2n) is 3.07. The van der Waals surface area contributed by atoms with Gasteiger partial charge in [0.2, 0.25) is 0 Å². The zero-order valence-corrected chi connectivity index (χ0v) is 10.6. The molecule has 0 saturated carbocycles. The van der Waals surface area contributed by atoms with E-state index < -0.39 is 5.97 Å². The summed E-state index contributed by atoms with van der Waals surface area (Å²) in [5.74, 6) is -0.404. The van der Waals surface area contributed by atoms with Crippen molar-refractivity contribution in [3.05, 3.63) is 28.2 Å². The molecule has 1 rings (SSSR count). The number of nitrogen functional groups attached to an aromatic ring is 1. The summed E-state index contributed by atoms with van der Waals surface area (Å²) in [6, 6.07) is 5.00. The molecule has 0 radical (unpaired) electrons. The zero-order chi connectivity index (χ0) is 12.0. The molecule has 0 aromatic heterocycles. The molecular weight excluding hydrogens is 274 g/mol. The maximum Gasteiger partial charge on any atom is 0.339 e. The Morgan fingerprint density at radius 1 is 1.44 bits per heavy atom. The fraction of sp³-hybridized carbons (Fsp3) is 0.364. The number of benzene rings is 1. The number of anilines is 1. The van der Waals surface area contributed by atoms with Crippen LogP contribution in [0.25, 0.3) is 0 Å². The number of rotatable bonds is 5. The molecule has 0 aliphatic carbocycles. The first-order chi connectivity index (χ1) is 7.65. The van der Waals surface area contributed by atoms with Crippen molar-refractivity contribution in [1.29, 1.82) is 0 Å². The average Bonchev–Trinajstić information content (AvgIpc) is 2.27. The number of nitrogens with two attached hydrogens (primary N) is 1. The third kappa shape index (κ3) is 3.83. The summed E-state index contributed by atoms with van der Waals surface area (Å²) in [5, 5.41) is 0. The molecule has 1 aromatic carbocycles. The van der Waals surface area contributed by atoms with Crippen LogP contribution in [0.15, 0.2) is 22.7 Å². The predicted molar refractivity (Wildman–Crippen MR) is 65.3 cm³/mol. The zero-order valence-electron chi connectivity index (χ0n) is 9.03. The van der Waals surface area contributed by atoms with Gasteiger partial charge < -0.3 is 15.2 Å². The van der Waals surface area contributed by atoms with Crippen molar-refractivity contribution in [2.45, 2.75) is 6.92 Å². The average molecular weight is 288 g/mol. The molecule has 5 heteroatoms. The smallest absolute Gasteiger partial charge is 0.339 e. The lowest BCUT2D eigenvalue weighted by atomic mass is 10.2. The molecule has 0 bridgehead atoms. The number of hydrogen-bond donors (Lipinski definition) is 1. The molecule has 0 atom stereocenters. The number of carbonyl (C=O) groups excluding carboxylic acids is 1. The van der Waals surface area contributed by atoms with Crippen LogP contribution in [0.2, 0.25) is 0 Å². The molecule has 0 fully saturated rings. The molecule has 0 aliphatic heterocycles. The Morgan fingerprint density at radius 2 is 2.19 bits per heavy atom. The Kier molecular flexibility index (Phi) is 5.28. The van der Waals surface area contributed by atoms with Crippen LogP contribution in [0.3, 0.4) is 0 Å². The van der Waals surface area contributed by atoms with Crippen LogP contribution in [0.5, 0.6) is 0 Å². The van der Waals surface area contributed by atoms with Crippen LogP contribution in [0, 0.1) is 0 Å². The molecule has 1 aromatic rings. The second kappa shape index (κ2) is 6.50. The number of hydrogen-bond acceptors (Lipinski definition) is 4. The van der Waals surface area contributed by atoms with Crippen LogP contribution in [-0.4, -0.2) is 25.8 Å². The Hall–Kier alpha value is -1.07. The van der Waals surface area contributed by atoms with Gasteiger partial charge in [-0.3, -0.25) is 0 Å². The minimum atomic E-state index is -0.404. The molecule has 0 amide bonds. The Morgan fingerprint density at radius 3 is 2.88 bits per heavy atom. The van der Waals surface area contributed by atoms with Crippen LogP contribution >= 0.6 is 15.9 Å². The fourth-order valence-corrected chi connectivity index (χ4v) is 1.52. The van der Waals surface area contributed by atoms with E-state index in [0.717, 1.165) is 0 Å². The summed E-state index contributed by atoms with van der Waals surface area (Å²) >= 11 is 3.27. The summed E-state index contributed by atoms with van der Waals surface area (Å²) in [6.45, 7) is 3.14. The molecule has 0 saturated heterocycles. The first-order valence-corrected chi connectivity index (χ1v) is 5.74. The van der Waals surface area contributed by atoms with Gasteiger partial charge in [0.15, 0.2) is 0 Å². The topological polar surface area (TPSA) is 61.5 Å². The van der Waals surface area contributed by atoms with Gasteiger partial charge in [0, 0.05) is 16.8 Å². The Balaban J connectivity index is 2.55. The summed E-state index contributed by atoms with van der Waals surface area (Å²) in [6.07, 6.45) is 0. The largest absolute Gasteiger partial charge is 0.460 e. The van der Waals surface area contributed by atoms with Crippen molar-refractivity contribution in [2.24, 2.45) is 0 Å². The van der Waals surface area contributed by atoms with Crippen LogP contribution in [0.1, 0.15) is 17.3 Å². The second-order valence-corrected chi connectivity index (χ2v) is 3.93. The van der Waals surface area contributed by atoms with Crippen molar-refractivity contribution in [2.75, 3.05) is 25.6 Å². The van der Waals surface area contributed by atoms with Crippen molar-refractivity contribution in [3.63, 3.8) is 0 Å². The number of esters is 1. The van der Waals surface area contributed by atoms with Crippen molar-refractivity contribution < 1.29 is 14.3 Å². The summed E-state index contributed by atoms with van der Waals surface area (Å²) in [7, 11) is 0. The minimum absolute atomic E-state index is 0.244. The highest BCUT2D eigenvalue weighted by Gasteiger charge is 2.11. The maximum absolute atomic E-state index is 11.6. The van der Waals surface area contributed by atoms with Gasteiger partial charge in [-0.2, -0.15) is 0 Å². The van der Waals surface area contributed by atoms with E-state index >= 15 is 0 Å². The lowest BCUT2D eigenvalue weighted by Gasteiger charge is -2.07. The molecular formula is C11H14BrNO3. The molecule has 16 heavy (non-hydrogen) atoms. The van der Waals surface area contributed by atoms with Gasteiger partial charge in [-0.25, -0.2) is 4.79 Å². The number of halogens is 1. The van der Waals surface area contributed by atoms with Crippen molar-refractivity contribution in [1.82, 2.24) is 0 Å². The molecule has 4 nitrogen and oxygen atoms in total. The van der Waals surface area contributed by atoms with Gasteiger partial charge in [0.25, 0.3) is 0 Å². The molecule has 0 aliphatic rings. The van der Waals surface area contributed by atoms with Crippen molar-refractivity contribution >= 4 is 27.6 Å². The van der Waals surface area contributed by atoms with Gasteiger partial charge in [0.1, 0.15) is 6.61 Å². The predicted octanol–water partition coefficient (Wildman–Crippen LogP) is 2.22. The van der Waals surface area contributed by atoms with E-state index in [1.165, 1.54) is 0 Å². The lowest BCUT2D eigenvalue weighted by Crippen LogP contribution is -2.11. The summed E-state index contributed by atoms with van der Waals surface area (Å²) in [4.78, 5) is 11.6. The van der Waals surface area contributed by atoms with E-state index in [1.807, 2.05) is 6.92 Å². The first-order valence-electron chi connectivity index (χ1n) is 4.95. The van der Waals surface area contributed by atoms with E-state index in [9.17, 15) is 4.79 Å². The van der Waals surface area contributed by atoms with Gasteiger partial charge in [-0.05, 0) is 41.1 Å². The number of carbonyl (C=O) groups is 1. The fourth-order valence-electron chi connectivity index (χ4n) is 1.11. The standard InChI is InChI=1S/C11H14BrNO3/c1-2-15-5-6-16-11(14)9-7-8(13)3-4-10(9)12/h3-4,7H,2,5-6,13H2,1H3. The third-order valence-corrected chi connectivity index (χ3v) is 2.57. The van der Waals surface area contributed by atoms with E-state index in [2.05, 4.69) is 15.9 Å². The molecule has 0 spiro atoms. The van der Waals surface area contributed by atoms with Crippen LogP contribution in [-0.2, 0) is 9.47 Å². The minimum Gasteiger partial charge on any atom is -0.460 e. The third-order valence-electron chi connectivity index (χ3n) is 1.88. The molecule has 0 unspecified atom stereocenters. The van der Waals surface area contributed by atoms with Crippen LogP contribution in [0.4, 0.5) is 5.69 Å². The van der Waals surface area contributed by atoms with Crippen LogP contribution < -0.4 is 5.73 Å². The van der Waals surface area contributed by atoms with Gasteiger partial charge >= 0.3 is 5.97 Å². The van der Waals surface area contributed by atoms with Gasteiger partial charge in [-0.15, -0.1) is 0 Å². The highest BCUT2D eigenvalue weighted by Crippen LogP contribution is 2.20. The summed E-state index contributed by atoms with van der Waals surface area (Å²) < 4.78 is 10.7. The van der Waals surface area contributed by atoms with E-state index in [1.54, 1.807) is 18.2 Å². The maximum atomic E-state index is 11.6. The number of ether oxygens (including phenoxy) is 2. The quantitative estimate of drug-likeness (QED) is 0.512. The van der Waals surface area contributed by atoms with E-state index in [0.29, 0.717) is 28.9 Å². The molecule has 0 heterocycles. The first kappa shape index (κ1) is 13.0. The lowest BCUT2D eigenvalue weighted by molar-refractivity contribution is 0.0334. The van der Waals surface area contributed by atoms with Crippen molar-refractivity contribution in [3.8, 4) is 0 Å². The molecule has 88 valence electrons. The molecule has 2 N–H and O–H groups in total. The van der Waals surface area contributed by atoms with E-state index in [4.69, 9.17) is 15.2 Å². The normalized spacial score (nSPS) is 10.1. The highest BCUT2D eigenvalue weighted by atomic mass is 79.9. The van der Waals surface area contributed by atoms with Gasteiger partial charge in [-0.1, -0.05) is 0 Å². The summed E-state index contributed by atoms with van der Waals surface area (Å²) in [5.41, 5.74) is 6.54. The van der Waals surface area contributed by atoms with Gasteiger partial charge in [0.05, 0.1) is 12.2 Å². The highest BCUT2D eigenvalue weighted by molar-refractivity contribution is 9.10.